The van der Waals surface area contributed by atoms with Gasteiger partial charge in [0.2, 0.25) is 16.0 Å². The first-order chi connectivity index (χ1) is 15.0. The lowest BCUT2D eigenvalue weighted by Gasteiger charge is -2.31. The van der Waals surface area contributed by atoms with Gasteiger partial charge in [-0.05, 0) is 55.7 Å². The summed E-state index contributed by atoms with van der Waals surface area (Å²) in [7, 11) is -2.13. The summed E-state index contributed by atoms with van der Waals surface area (Å²) in [5.74, 6) is 1.71. The number of hydrogen-bond acceptors (Lipinski definition) is 7. The summed E-state index contributed by atoms with van der Waals surface area (Å²) in [6.45, 7) is 2.74. The lowest BCUT2D eigenvalue weighted by atomic mass is 9.94. The van der Waals surface area contributed by atoms with Crippen molar-refractivity contribution < 1.29 is 13.2 Å². The molecule has 1 saturated heterocycles. The molecule has 0 atom stereocenters. The summed E-state index contributed by atoms with van der Waals surface area (Å²) >= 11 is 0. The van der Waals surface area contributed by atoms with Gasteiger partial charge in [-0.2, -0.15) is 4.31 Å². The molecule has 3 aromatic rings. The fourth-order valence-electron chi connectivity index (χ4n) is 3.74. The molecular formula is C22H25N5O3S. The number of nitrogens with one attached hydrogen (secondary N) is 1. The van der Waals surface area contributed by atoms with Gasteiger partial charge in [-0.25, -0.2) is 23.4 Å². The Morgan fingerprint density at radius 3 is 2.52 bits per heavy atom. The second-order valence-corrected chi connectivity index (χ2v) is 9.38. The van der Waals surface area contributed by atoms with Crippen LogP contribution in [-0.4, -0.2) is 47.9 Å². The molecule has 9 heteroatoms. The average molecular weight is 440 g/mol. The van der Waals surface area contributed by atoms with Gasteiger partial charge in [-0.15, -0.1) is 0 Å². The van der Waals surface area contributed by atoms with Gasteiger partial charge in [0.1, 0.15) is 16.5 Å². The maximum absolute atomic E-state index is 13.2. The molecule has 0 bridgehead atoms. The number of pyridine rings is 1. The summed E-state index contributed by atoms with van der Waals surface area (Å²) in [5.41, 5.74) is 1.82. The number of ether oxygens (including phenoxy) is 1. The summed E-state index contributed by atoms with van der Waals surface area (Å²) < 4.78 is 33.3. The highest BCUT2D eigenvalue weighted by molar-refractivity contribution is 7.89. The molecule has 0 radical (unpaired) electrons. The number of nitrogens with zero attached hydrogens (tertiary/aromatic N) is 4. The molecule has 1 N–H and O–H groups in total. The van der Waals surface area contributed by atoms with Crippen LogP contribution in [0.4, 0.5) is 11.8 Å². The highest BCUT2D eigenvalue weighted by Crippen LogP contribution is 2.33. The van der Waals surface area contributed by atoms with Gasteiger partial charge in [0.05, 0.1) is 7.11 Å². The molecule has 0 aliphatic carbocycles. The fraction of sp³-hybridized carbons (Fsp3) is 0.318. The van der Waals surface area contributed by atoms with E-state index in [1.54, 1.807) is 34.9 Å². The van der Waals surface area contributed by atoms with E-state index in [1.165, 1.54) is 7.11 Å². The summed E-state index contributed by atoms with van der Waals surface area (Å²) in [5, 5.41) is 3.10. The third-order valence-corrected chi connectivity index (χ3v) is 7.31. The molecule has 0 spiro atoms. The number of hydrogen-bond donors (Lipinski definition) is 1. The Balaban J connectivity index is 1.47. The highest BCUT2D eigenvalue weighted by Gasteiger charge is 2.32. The molecule has 0 saturated carbocycles. The van der Waals surface area contributed by atoms with Crippen molar-refractivity contribution >= 4 is 21.8 Å². The predicted octanol–water partition coefficient (Wildman–Crippen LogP) is 3.50. The fourth-order valence-corrected chi connectivity index (χ4v) is 5.45. The number of aromatic nitrogens is 3. The van der Waals surface area contributed by atoms with E-state index in [0.29, 0.717) is 43.4 Å². The van der Waals surface area contributed by atoms with Gasteiger partial charge in [-0.1, -0.05) is 12.1 Å². The maximum Gasteiger partial charge on any atom is 0.246 e. The number of aryl methyl sites for hydroxylation is 1. The third-order valence-electron chi connectivity index (χ3n) is 5.39. The summed E-state index contributed by atoms with van der Waals surface area (Å²) in [6, 6.07) is 12.8. The smallest absolute Gasteiger partial charge is 0.246 e. The van der Waals surface area contributed by atoms with Crippen molar-refractivity contribution in [2.24, 2.45) is 0 Å². The van der Waals surface area contributed by atoms with Gasteiger partial charge in [0, 0.05) is 37.1 Å². The molecule has 0 unspecified atom stereocenters. The zero-order valence-corrected chi connectivity index (χ0v) is 18.3. The van der Waals surface area contributed by atoms with E-state index < -0.39 is 10.0 Å². The molecule has 0 amide bonds. The Hall–Kier alpha value is -3.04. The molecule has 8 nitrogen and oxygen atoms in total. The lowest BCUT2D eigenvalue weighted by molar-refractivity contribution is 0.315. The third kappa shape index (κ3) is 4.67. The Morgan fingerprint density at radius 1 is 1.06 bits per heavy atom. The normalized spacial score (nSPS) is 15.5. The van der Waals surface area contributed by atoms with Gasteiger partial charge < -0.3 is 10.1 Å². The van der Waals surface area contributed by atoms with Crippen LogP contribution in [0, 0.1) is 6.92 Å². The first kappa shape index (κ1) is 21.2. The van der Waals surface area contributed by atoms with E-state index in [0.717, 1.165) is 11.3 Å². The number of anilines is 2. The standard InChI is InChI=1S/C22H25N5O3S/c1-16-7-8-19(30-2)20(15-16)31(28,29)27-13-9-17(10-14-27)18-5-3-6-21(25-18)26-22-23-11-4-12-24-22/h3-8,11-12,15,17H,9-10,13-14H2,1-2H3,(H,23,24,25,26). The zero-order chi connectivity index (χ0) is 21.8. The Morgan fingerprint density at radius 2 is 1.81 bits per heavy atom. The van der Waals surface area contributed by atoms with E-state index >= 15 is 0 Å². The largest absolute Gasteiger partial charge is 0.495 e. The lowest BCUT2D eigenvalue weighted by Crippen LogP contribution is -2.38. The molecule has 1 fully saturated rings. The van der Waals surface area contributed by atoms with Gasteiger partial charge in [0.15, 0.2) is 0 Å². The minimum Gasteiger partial charge on any atom is -0.495 e. The van der Waals surface area contributed by atoms with Crippen molar-refractivity contribution in [3.05, 3.63) is 66.1 Å². The first-order valence-corrected chi connectivity index (χ1v) is 11.6. The van der Waals surface area contributed by atoms with E-state index in [4.69, 9.17) is 9.72 Å². The number of rotatable bonds is 6. The first-order valence-electron chi connectivity index (χ1n) is 10.1. The van der Waals surface area contributed by atoms with Crippen LogP contribution in [0.1, 0.15) is 30.0 Å². The Labute approximate surface area is 182 Å². The van der Waals surface area contributed by atoms with Crippen molar-refractivity contribution in [2.45, 2.75) is 30.6 Å². The van der Waals surface area contributed by atoms with Crippen LogP contribution in [0.2, 0.25) is 0 Å². The van der Waals surface area contributed by atoms with Crippen molar-refractivity contribution in [1.82, 2.24) is 19.3 Å². The molecule has 162 valence electrons. The van der Waals surface area contributed by atoms with Crippen molar-refractivity contribution in [3.8, 4) is 5.75 Å². The quantitative estimate of drug-likeness (QED) is 0.628. The molecule has 3 heterocycles. The molecule has 2 aromatic heterocycles. The second-order valence-electron chi connectivity index (χ2n) is 7.48. The monoisotopic (exact) mass is 439 g/mol. The van der Waals surface area contributed by atoms with Crippen LogP contribution in [0.25, 0.3) is 0 Å². The van der Waals surface area contributed by atoms with Gasteiger partial charge in [-0.3, -0.25) is 0 Å². The number of benzene rings is 1. The van der Waals surface area contributed by atoms with Crippen molar-refractivity contribution in [2.75, 3.05) is 25.5 Å². The Kier molecular flexibility index (Phi) is 6.15. The minimum absolute atomic E-state index is 0.185. The SMILES string of the molecule is COc1ccc(C)cc1S(=O)(=O)N1CCC(c2cccc(Nc3ncccn3)n2)CC1. The number of methoxy groups -OCH3 is 1. The van der Waals surface area contributed by atoms with E-state index in [-0.39, 0.29) is 10.8 Å². The number of piperidine rings is 1. The van der Waals surface area contributed by atoms with Crippen LogP contribution >= 0.6 is 0 Å². The average Bonchev–Trinajstić information content (AvgIpc) is 2.80. The molecule has 4 rings (SSSR count). The summed E-state index contributed by atoms with van der Waals surface area (Å²) in [6.07, 6.45) is 4.73. The van der Waals surface area contributed by atoms with E-state index in [2.05, 4.69) is 15.3 Å². The van der Waals surface area contributed by atoms with Crippen molar-refractivity contribution in [3.63, 3.8) is 0 Å². The summed E-state index contributed by atoms with van der Waals surface area (Å²) in [4.78, 5) is 13.2. The van der Waals surface area contributed by atoms with Crippen LogP contribution < -0.4 is 10.1 Å². The van der Waals surface area contributed by atoms with Crippen LogP contribution in [-0.2, 0) is 10.0 Å². The van der Waals surface area contributed by atoms with E-state index in [1.807, 2.05) is 31.2 Å². The van der Waals surface area contributed by atoms with E-state index in [9.17, 15) is 8.42 Å². The number of sulfonamides is 1. The molecule has 31 heavy (non-hydrogen) atoms. The minimum atomic E-state index is -3.62. The highest BCUT2D eigenvalue weighted by atomic mass is 32.2. The van der Waals surface area contributed by atoms with Gasteiger partial charge >= 0.3 is 0 Å². The zero-order valence-electron chi connectivity index (χ0n) is 17.5. The van der Waals surface area contributed by atoms with Crippen LogP contribution in [0.15, 0.2) is 59.8 Å². The Bertz CT molecular complexity index is 1150. The maximum atomic E-state index is 13.2. The molecule has 1 aliphatic heterocycles. The van der Waals surface area contributed by atoms with Crippen LogP contribution in [0.3, 0.4) is 0 Å². The molecule has 1 aromatic carbocycles. The van der Waals surface area contributed by atoms with Crippen molar-refractivity contribution in [1.29, 1.82) is 0 Å². The van der Waals surface area contributed by atoms with Crippen LogP contribution in [0.5, 0.6) is 5.75 Å². The topological polar surface area (TPSA) is 97.3 Å². The molecular weight excluding hydrogens is 414 g/mol. The van der Waals surface area contributed by atoms with Gasteiger partial charge in [0.25, 0.3) is 0 Å². The molecule has 1 aliphatic rings. The second kappa shape index (κ2) is 8.99. The predicted molar refractivity (Wildman–Crippen MR) is 118 cm³/mol.